The molecule has 1 unspecified atom stereocenters. The van der Waals surface area contributed by atoms with Crippen LogP contribution in [0, 0.1) is 0 Å². The number of hydrogen-bond donors (Lipinski definition) is 2. The number of amides is 1. The second-order valence-electron chi connectivity index (χ2n) is 1.51. The summed E-state index contributed by atoms with van der Waals surface area (Å²) in [4.78, 5) is 10.3. The molecule has 1 rings (SSSR count). The van der Waals surface area contributed by atoms with Gasteiger partial charge in [0.15, 0.2) is 0 Å². The molecule has 1 aliphatic rings. The predicted octanol–water partition coefficient (Wildman–Crippen LogP) is 0.0445. The molecular weight excluding hydrogens is 124 g/mol. The summed E-state index contributed by atoms with van der Waals surface area (Å²) >= 11 is 0. The molecule has 0 aromatic rings. The molecule has 1 amide bonds. The minimum absolute atomic E-state index is 0.248. The lowest BCUT2D eigenvalue weighted by molar-refractivity contribution is 0.267. The first kappa shape index (κ1) is 5.78. The second-order valence-corrected chi connectivity index (χ2v) is 3.21. The Kier molecular flexibility index (Phi) is 1.65. The fourth-order valence-corrected chi connectivity index (χ4v) is 1.67. The zero-order chi connectivity index (χ0) is 5.98. The first-order valence-corrected chi connectivity index (χ1v) is 3.69. The fraction of sp³-hybridized carbons (Fsp3) is 0.500. The van der Waals surface area contributed by atoms with Crippen molar-refractivity contribution in [2.45, 2.75) is 6.42 Å². The van der Waals surface area contributed by atoms with E-state index < -0.39 is 10.7 Å². The van der Waals surface area contributed by atoms with Crippen LogP contribution in [-0.4, -0.2) is 17.2 Å². The first-order chi connectivity index (χ1) is 3.80. The fourth-order valence-electron chi connectivity index (χ4n) is 0.558. The molecule has 46 valence electrons. The van der Waals surface area contributed by atoms with Crippen molar-refractivity contribution in [3.8, 4) is 0 Å². The summed E-state index contributed by atoms with van der Waals surface area (Å²) < 4.78 is 2.95. The summed E-state index contributed by atoms with van der Waals surface area (Å²) in [5, 5.41) is 1.67. The average Bonchev–Trinajstić information content (AvgIpc) is 2.12. The molecular formula is C4H8N2OS. The van der Waals surface area contributed by atoms with Gasteiger partial charge in [-0.2, -0.15) is 0 Å². The van der Waals surface area contributed by atoms with Crippen LogP contribution in [0.4, 0.5) is 4.79 Å². The maximum absolute atomic E-state index is 10.3. The lowest BCUT2D eigenvalue weighted by Crippen LogP contribution is -2.12. The Morgan fingerprint density at radius 3 is 2.88 bits per heavy atom. The Hall–Kier alpha value is -0.350. The largest absolute Gasteiger partial charge is 0.360 e. The number of nitrogens with two attached hydrogens (primary N) is 1. The summed E-state index contributed by atoms with van der Waals surface area (Å²) in [7, 11) is -0.415. The van der Waals surface area contributed by atoms with Crippen LogP contribution in [0.1, 0.15) is 6.42 Å². The minimum Gasteiger partial charge on any atom is -0.360 e. The van der Waals surface area contributed by atoms with Gasteiger partial charge in [-0.15, -0.1) is 0 Å². The molecule has 0 fully saturated rings. The standard InChI is InChI=1S/C4H8N2OS/c5-4(7)8-3-1-2-6-8/h3,6H,1-2H2,(H2,5,7). The summed E-state index contributed by atoms with van der Waals surface area (Å²) in [6.07, 6.45) is 0.964. The molecule has 3 nitrogen and oxygen atoms in total. The van der Waals surface area contributed by atoms with Crippen LogP contribution >= 0.6 is 10.7 Å². The Morgan fingerprint density at radius 2 is 2.62 bits per heavy atom. The SMILES string of the molecule is NC(=O)S1=CCCN1. The Labute approximate surface area is 50.3 Å². The van der Waals surface area contributed by atoms with Gasteiger partial charge in [-0.1, -0.05) is 0 Å². The van der Waals surface area contributed by atoms with Crippen molar-refractivity contribution in [3.05, 3.63) is 0 Å². The lowest BCUT2D eigenvalue weighted by Gasteiger charge is -1.94. The van der Waals surface area contributed by atoms with E-state index >= 15 is 0 Å². The van der Waals surface area contributed by atoms with Crippen molar-refractivity contribution in [2.75, 3.05) is 6.54 Å². The smallest absolute Gasteiger partial charge is 0.284 e. The number of hydrogen-bond acceptors (Lipinski definition) is 2. The number of primary amides is 1. The second kappa shape index (κ2) is 2.28. The van der Waals surface area contributed by atoms with Gasteiger partial charge in [-0.05, 0) is 22.5 Å². The van der Waals surface area contributed by atoms with E-state index in [9.17, 15) is 4.79 Å². The van der Waals surface area contributed by atoms with E-state index in [0.29, 0.717) is 0 Å². The third-order valence-electron chi connectivity index (χ3n) is 0.903. The maximum Gasteiger partial charge on any atom is 0.284 e. The minimum atomic E-state index is -0.415. The molecule has 8 heavy (non-hydrogen) atoms. The molecule has 0 aromatic carbocycles. The van der Waals surface area contributed by atoms with Crippen LogP contribution in [-0.2, 0) is 0 Å². The lowest BCUT2D eigenvalue weighted by atomic mass is 10.5. The summed E-state index contributed by atoms with van der Waals surface area (Å²) in [6.45, 7) is 0.895. The van der Waals surface area contributed by atoms with E-state index in [4.69, 9.17) is 5.73 Å². The Morgan fingerprint density at radius 1 is 1.88 bits per heavy atom. The highest BCUT2D eigenvalue weighted by atomic mass is 32.2. The molecule has 1 aliphatic heterocycles. The summed E-state index contributed by atoms with van der Waals surface area (Å²) in [5.41, 5.74) is 4.98. The molecule has 1 heterocycles. The van der Waals surface area contributed by atoms with Crippen molar-refractivity contribution in [2.24, 2.45) is 5.73 Å². The predicted molar refractivity (Wildman–Crippen MR) is 35.9 cm³/mol. The summed E-state index contributed by atoms with van der Waals surface area (Å²) in [5.74, 6) is 0. The highest BCUT2D eigenvalue weighted by molar-refractivity contribution is 8.26. The van der Waals surface area contributed by atoms with Crippen molar-refractivity contribution < 1.29 is 4.79 Å². The molecule has 0 bridgehead atoms. The summed E-state index contributed by atoms with van der Waals surface area (Å²) in [6, 6.07) is 0. The van der Waals surface area contributed by atoms with Crippen molar-refractivity contribution >= 4 is 21.3 Å². The van der Waals surface area contributed by atoms with Gasteiger partial charge in [-0.25, -0.2) is 0 Å². The van der Waals surface area contributed by atoms with Crippen LogP contribution in [0.2, 0.25) is 0 Å². The number of carbonyl (C=O) groups excluding carboxylic acids is 1. The van der Waals surface area contributed by atoms with Crippen LogP contribution in [0.3, 0.4) is 0 Å². The van der Waals surface area contributed by atoms with Crippen LogP contribution in [0.5, 0.6) is 0 Å². The van der Waals surface area contributed by atoms with Crippen LogP contribution in [0.15, 0.2) is 0 Å². The highest BCUT2D eigenvalue weighted by Crippen LogP contribution is 2.09. The van der Waals surface area contributed by atoms with Gasteiger partial charge in [0.2, 0.25) is 0 Å². The monoisotopic (exact) mass is 132 g/mol. The molecule has 4 heteroatoms. The number of nitrogens with one attached hydrogen (secondary N) is 1. The first-order valence-electron chi connectivity index (χ1n) is 2.40. The van der Waals surface area contributed by atoms with Gasteiger partial charge in [0, 0.05) is 6.54 Å². The molecule has 0 spiro atoms. The highest BCUT2D eigenvalue weighted by Gasteiger charge is 2.05. The van der Waals surface area contributed by atoms with Gasteiger partial charge >= 0.3 is 0 Å². The van der Waals surface area contributed by atoms with E-state index in [-0.39, 0.29) is 5.24 Å². The van der Waals surface area contributed by atoms with Gasteiger partial charge in [0.25, 0.3) is 5.24 Å². The zero-order valence-electron chi connectivity index (χ0n) is 4.39. The van der Waals surface area contributed by atoms with E-state index in [1.54, 1.807) is 0 Å². The quantitative estimate of drug-likeness (QED) is 0.457. The topological polar surface area (TPSA) is 55.1 Å². The van der Waals surface area contributed by atoms with Crippen molar-refractivity contribution in [1.82, 2.24) is 4.72 Å². The molecule has 3 N–H and O–H groups in total. The van der Waals surface area contributed by atoms with E-state index in [0.717, 1.165) is 13.0 Å². The molecule has 0 aliphatic carbocycles. The molecule has 0 aromatic heterocycles. The van der Waals surface area contributed by atoms with E-state index in [1.165, 1.54) is 0 Å². The van der Waals surface area contributed by atoms with Crippen molar-refractivity contribution in [3.63, 3.8) is 0 Å². The number of rotatable bonds is 0. The zero-order valence-corrected chi connectivity index (χ0v) is 5.20. The molecule has 0 radical (unpaired) electrons. The molecule has 0 saturated heterocycles. The van der Waals surface area contributed by atoms with Gasteiger partial charge in [0.05, 0.1) is 0 Å². The molecule has 1 atom stereocenters. The van der Waals surface area contributed by atoms with Gasteiger partial charge in [0.1, 0.15) is 0 Å². The van der Waals surface area contributed by atoms with Crippen molar-refractivity contribution in [1.29, 1.82) is 0 Å². The molecule has 0 saturated carbocycles. The number of carbonyl (C=O) groups is 1. The van der Waals surface area contributed by atoms with Crippen LogP contribution in [0.25, 0.3) is 0 Å². The third kappa shape index (κ3) is 1.08. The van der Waals surface area contributed by atoms with Crippen LogP contribution < -0.4 is 10.5 Å². The maximum atomic E-state index is 10.3. The van der Waals surface area contributed by atoms with E-state index in [1.807, 2.05) is 5.37 Å². The van der Waals surface area contributed by atoms with Gasteiger partial charge < -0.3 is 5.73 Å². The van der Waals surface area contributed by atoms with E-state index in [2.05, 4.69) is 4.72 Å². The average molecular weight is 132 g/mol. The Bertz CT molecular complexity index is 143. The normalized spacial score (nSPS) is 27.2. The Balaban J connectivity index is 2.57. The van der Waals surface area contributed by atoms with Gasteiger partial charge in [-0.3, -0.25) is 9.52 Å². The third-order valence-corrected chi connectivity index (χ3v) is 2.42.